The molecule has 0 unspecified atom stereocenters. The largest absolute Gasteiger partial charge is 0.462 e. The van der Waals surface area contributed by atoms with E-state index in [0.29, 0.717) is 19.3 Å². The molecule has 0 aromatic heterocycles. The first-order valence-electron chi connectivity index (χ1n) is 20.5. The minimum absolute atomic E-state index is 0.0640. The van der Waals surface area contributed by atoms with Crippen molar-refractivity contribution in [2.24, 2.45) is 0 Å². The Bertz CT molecular complexity index is 693. The normalized spacial score (nSPS) is 11.8. The van der Waals surface area contributed by atoms with Gasteiger partial charge in [-0.3, -0.25) is 14.4 Å². The summed E-state index contributed by atoms with van der Waals surface area (Å²) >= 11 is 0. The SMILES string of the molecule is CCCCCCCCCCCCCCCC(=O)OC[C@@H](COC(=O)CCCCCCCCC)OC(=O)CCCCCCCCCCC. The van der Waals surface area contributed by atoms with E-state index in [1.54, 1.807) is 0 Å². The molecule has 0 rings (SSSR count). The fourth-order valence-corrected chi connectivity index (χ4v) is 5.97. The second kappa shape index (κ2) is 37.2. The van der Waals surface area contributed by atoms with Crippen LogP contribution in [0.2, 0.25) is 0 Å². The minimum Gasteiger partial charge on any atom is -0.462 e. The molecule has 47 heavy (non-hydrogen) atoms. The molecule has 278 valence electrons. The first-order valence-corrected chi connectivity index (χ1v) is 20.5. The Hall–Kier alpha value is -1.59. The molecular formula is C41H78O6. The van der Waals surface area contributed by atoms with E-state index < -0.39 is 6.10 Å². The van der Waals surface area contributed by atoms with Gasteiger partial charge in [0.15, 0.2) is 6.10 Å². The van der Waals surface area contributed by atoms with Crippen LogP contribution in [0.15, 0.2) is 0 Å². The molecule has 0 aliphatic heterocycles. The number of rotatable bonds is 37. The molecular weight excluding hydrogens is 588 g/mol. The van der Waals surface area contributed by atoms with E-state index in [2.05, 4.69) is 20.8 Å². The van der Waals surface area contributed by atoms with E-state index in [0.717, 1.165) is 57.8 Å². The zero-order valence-corrected chi connectivity index (χ0v) is 31.6. The quantitative estimate of drug-likeness (QED) is 0.0373. The highest BCUT2D eigenvalue weighted by Crippen LogP contribution is 2.15. The number of carbonyl (C=O) groups is 3. The van der Waals surface area contributed by atoms with Crippen LogP contribution in [0.25, 0.3) is 0 Å². The highest BCUT2D eigenvalue weighted by atomic mass is 16.6. The summed E-state index contributed by atoms with van der Waals surface area (Å²) in [6, 6.07) is 0. The number of unbranched alkanes of at least 4 members (excludes halogenated alkanes) is 26. The molecule has 0 saturated heterocycles. The average molecular weight is 667 g/mol. The van der Waals surface area contributed by atoms with Crippen molar-refractivity contribution in [3.8, 4) is 0 Å². The Kier molecular flexibility index (Phi) is 36.0. The summed E-state index contributed by atoms with van der Waals surface area (Å²) in [5.74, 6) is -0.868. The van der Waals surface area contributed by atoms with Gasteiger partial charge in [0, 0.05) is 19.3 Å². The predicted molar refractivity (Wildman–Crippen MR) is 197 cm³/mol. The molecule has 6 nitrogen and oxygen atoms in total. The Morgan fingerprint density at radius 3 is 0.851 bits per heavy atom. The molecule has 0 aliphatic carbocycles. The molecule has 0 saturated carbocycles. The van der Waals surface area contributed by atoms with Gasteiger partial charge in [-0.15, -0.1) is 0 Å². The lowest BCUT2D eigenvalue weighted by molar-refractivity contribution is -0.167. The van der Waals surface area contributed by atoms with Crippen LogP contribution in [0.4, 0.5) is 0 Å². The van der Waals surface area contributed by atoms with Crippen molar-refractivity contribution in [1.82, 2.24) is 0 Å². The second-order valence-electron chi connectivity index (χ2n) is 13.9. The summed E-state index contributed by atoms with van der Waals surface area (Å²) < 4.78 is 16.6. The van der Waals surface area contributed by atoms with Crippen LogP contribution in [-0.4, -0.2) is 37.2 Å². The smallest absolute Gasteiger partial charge is 0.306 e. The standard InChI is InChI=1S/C41H78O6/c1-4-7-10-13-16-18-19-20-21-23-25-28-31-34-40(43)46-37-38(36-45-39(42)33-30-27-24-15-12-9-6-3)47-41(44)35-32-29-26-22-17-14-11-8-5-2/h38H,4-37H2,1-3H3/t38-/m1/s1. The van der Waals surface area contributed by atoms with Crippen LogP contribution >= 0.6 is 0 Å². The number of hydrogen-bond acceptors (Lipinski definition) is 6. The fourth-order valence-electron chi connectivity index (χ4n) is 5.97. The van der Waals surface area contributed by atoms with Gasteiger partial charge in [-0.2, -0.15) is 0 Å². The molecule has 0 amide bonds. The van der Waals surface area contributed by atoms with E-state index in [-0.39, 0.29) is 31.1 Å². The lowest BCUT2D eigenvalue weighted by atomic mass is 10.0. The van der Waals surface area contributed by atoms with Crippen LogP contribution in [0.1, 0.15) is 226 Å². The van der Waals surface area contributed by atoms with Crippen LogP contribution in [-0.2, 0) is 28.6 Å². The third-order valence-electron chi connectivity index (χ3n) is 9.11. The van der Waals surface area contributed by atoms with Crippen LogP contribution in [0.5, 0.6) is 0 Å². The fraction of sp³-hybridized carbons (Fsp3) is 0.927. The molecule has 1 atom stereocenters. The van der Waals surface area contributed by atoms with Crippen LogP contribution < -0.4 is 0 Å². The Labute approximate surface area is 291 Å². The topological polar surface area (TPSA) is 78.9 Å². The van der Waals surface area contributed by atoms with Crippen molar-refractivity contribution in [3.63, 3.8) is 0 Å². The monoisotopic (exact) mass is 667 g/mol. The highest BCUT2D eigenvalue weighted by Gasteiger charge is 2.19. The van der Waals surface area contributed by atoms with Crippen LogP contribution in [0, 0.1) is 0 Å². The van der Waals surface area contributed by atoms with Crippen molar-refractivity contribution in [3.05, 3.63) is 0 Å². The number of ether oxygens (including phenoxy) is 3. The van der Waals surface area contributed by atoms with E-state index in [1.807, 2.05) is 0 Å². The number of hydrogen-bond donors (Lipinski definition) is 0. The third kappa shape index (κ3) is 35.5. The lowest BCUT2D eigenvalue weighted by Crippen LogP contribution is -2.30. The van der Waals surface area contributed by atoms with Crippen molar-refractivity contribution >= 4 is 17.9 Å². The van der Waals surface area contributed by atoms with Gasteiger partial charge in [-0.05, 0) is 19.3 Å². The van der Waals surface area contributed by atoms with Crippen molar-refractivity contribution in [1.29, 1.82) is 0 Å². The van der Waals surface area contributed by atoms with Crippen LogP contribution in [0.3, 0.4) is 0 Å². The number of esters is 3. The third-order valence-corrected chi connectivity index (χ3v) is 9.11. The zero-order chi connectivity index (χ0) is 34.5. The molecule has 0 aromatic rings. The van der Waals surface area contributed by atoms with E-state index in [1.165, 1.54) is 128 Å². The second-order valence-corrected chi connectivity index (χ2v) is 13.9. The summed E-state index contributed by atoms with van der Waals surface area (Å²) in [4.78, 5) is 37.3. The van der Waals surface area contributed by atoms with Gasteiger partial charge in [0.2, 0.25) is 0 Å². The van der Waals surface area contributed by atoms with E-state index in [4.69, 9.17) is 14.2 Å². The Morgan fingerprint density at radius 2 is 0.574 bits per heavy atom. The summed E-state index contributed by atoms with van der Waals surface area (Å²) in [6.45, 7) is 6.57. The van der Waals surface area contributed by atoms with E-state index >= 15 is 0 Å². The first-order chi connectivity index (χ1) is 23.0. The molecule has 0 spiro atoms. The maximum Gasteiger partial charge on any atom is 0.306 e. The Morgan fingerprint density at radius 1 is 0.340 bits per heavy atom. The minimum atomic E-state index is -0.755. The lowest BCUT2D eigenvalue weighted by Gasteiger charge is -2.18. The van der Waals surface area contributed by atoms with Gasteiger partial charge in [0.05, 0.1) is 0 Å². The van der Waals surface area contributed by atoms with Gasteiger partial charge in [0.25, 0.3) is 0 Å². The van der Waals surface area contributed by atoms with Gasteiger partial charge in [-0.1, -0.05) is 188 Å². The van der Waals surface area contributed by atoms with Crippen molar-refractivity contribution in [2.45, 2.75) is 232 Å². The molecule has 0 fully saturated rings. The zero-order valence-electron chi connectivity index (χ0n) is 31.6. The van der Waals surface area contributed by atoms with Crippen molar-refractivity contribution < 1.29 is 28.6 Å². The van der Waals surface area contributed by atoms with Gasteiger partial charge in [0.1, 0.15) is 13.2 Å². The molecule has 0 radical (unpaired) electrons. The summed E-state index contributed by atoms with van der Waals surface area (Å²) in [6.07, 6.45) is 35.2. The van der Waals surface area contributed by atoms with Gasteiger partial charge in [-0.25, -0.2) is 0 Å². The maximum absolute atomic E-state index is 12.6. The molecule has 0 aliphatic rings. The van der Waals surface area contributed by atoms with E-state index in [9.17, 15) is 14.4 Å². The molecule has 6 heteroatoms. The first kappa shape index (κ1) is 45.4. The Balaban J connectivity index is 4.27. The summed E-state index contributed by atoms with van der Waals surface area (Å²) in [5.41, 5.74) is 0. The molecule has 0 N–H and O–H groups in total. The predicted octanol–water partition coefficient (Wildman–Crippen LogP) is 12.5. The molecule has 0 bridgehead atoms. The highest BCUT2D eigenvalue weighted by molar-refractivity contribution is 5.71. The molecule has 0 aromatic carbocycles. The van der Waals surface area contributed by atoms with Crippen molar-refractivity contribution in [2.75, 3.05) is 13.2 Å². The summed E-state index contributed by atoms with van der Waals surface area (Å²) in [5, 5.41) is 0. The maximum atomic E-state index is 12.6. The van der Waals surface area contributed by atoms with Gasteiger partial charge >= 0.3 is 17.9 Å². The summed E-state index contributed by atoms with van der Waals surface area (Å²) in [7, 11) is 0. The average Bonchev–Trinajstić information content (AvgIpc) is 3.06. The van der Waals surface area contributed by atoms with Gasteiger partial charge < -0.3 is 14.2 Å². The molecule has 0 heterocycles. The number of carbonyl (C=O) groups excluding carboxylic acids is 3.